The van der Waals surface area contributed by atoms with E-state index in [1.165, 1.54) is 6.33 Å². The van der Waals surface area contributed by atoms with E-state index in [2.05, 4.69) is 25.6 Å². The van der Waals surface area contributed by atoms with Crippen molar-refractivity contribution in [2.45, 2.75) is 13.0 Å². The number of anilines is 2. The first-order valence-electron chi connectivity index (χ1n) is 6.18. The second kappa shape index (κ2) is 7.27. The molecule has 0 amide bonds. The molecule has 19 heavy (non-hydrogen) atoms. The first-order valence-corrected chi connectivity index (χ1v) is 6.18. The van der Waals surface area contributed by atoms with Crippen molar-refractivity contribution in [1.29, 1.82) is 0 Å². The zero-order valence-corrected chi connectivity index (χ0v) is 10.6. The van der Waals surface area contributed by atoms with Crippen LogP contribution in [0.1, 0.15) is 12.0 Å². The average molecular weight is 259 g/mol. The van der Waals surface area contributed by atoms with E-state index >= 15 is 0 Å². The van der Waals surface area contributed by atoms with Crippen LogP contribution in [0.15, 0.2) is 36.9 Å². The first kappa shape index (κ1) is 13.2. The minimum atomic E-state index is 0.172. The van der Waals surface area contributed by atoms with Crippen molar-refractivity contribution in [3.05, 3.63) is 42.5 Å². The number of aliphatic hydroxyl groups excluding tert-OH is 1. The summed E-state index contributed by atoms with van der Waals surface area (Å²) >= 11 is 0. The van der Waals surface area contributed by atoms with Crippen LogP contribution in [0.5, 0.6) is 0 Å². The van der Waals surface area contributed by atoms with E-state index in [0.717, 1.165) is 17.2 Å². The summed E-state index contributed by atoms with van der Waals surface area (Å²) in [5.74, 6) is 1.51. The van der Waals surface area contributed by atoms with Crippen LogP contribution in [0.2, 0.25) is 0 Å². The first-order chi connectivity index (χ1) is 9.38. The Bertz CT molecular complexity index is 491. The van der Waals surface area contributed by atoms with Crippen molar-refractivity contribution in [2.24, 2.45) is 0 Å². The van der Waals surface area contributed by atoms with Gasteiger partial charge in [0.05, 0.1) is 0 Å². The summed E-state index contributed by atoms with van der Waals surface area (Å²) in [6, 6.07) is 5.75. The third kappa shape index (κ3) is 4.51. The Balaban J connectivity index is 1.88. The fourth-order valence-electron chi connectivity index (χ4n) is 1.54. The van der Waals surface area contributed by atoms with Gasteiger partial charge in [-0.1, -0.05) is 0 Å². The highest BCUT2D eigenvalue weighted by Gasteiger charge is 1.98. The molecule has 2 aromatic heterocycles. The topological polar surface area (TPSA) is 83.0 Å². The molecule has 6 heteroatoms. The lowest BCUT2D eigenvalue weighted by Crippen LogP contribution is -2.07. The Hall–Kier alpha value is -2.21. The van der Waals surface area contributed by atoms with Crippen LogP contribution in [0.4, 0.5) is 11.6 Å². The summed E-state index contributed by atoms with van der Waals surface area (Å²) in [5, 5.41) is 15.1. The highest BCUT2D eigenvalue weighted by atomic mass is 16.3. The number of aromatic nitrogens is 3. The smallest absolute Gasteiger partial charge is 0.131 e. The summed E-state index contributed by atoms with van der Waals surface area (Å²) in [7, 11) is 0. The minimum absolute atomic E-state index is 0.172. The van der Waals surface area contributed by atoms with Gasteiger partial charge in [-0.2, -0.15) is 0 Å². The molecule has 0 aliphatic heterocycles. The predicted octanol–water partition coefficient (Wildman–Crippen LogP) is 1.28. The van der Waals surface area contributed by atoms with E-state index in [0.29, 0.717) is 19.5 Å². The standard InChI is InChI=1S/C13H17N5O/c19-7-1-4-15-12-8-13(18-10-17-12)16-9-11-2-5-14-6-3-11/h2-3,5-6,8,10,19H,1,4,7,9H2,(H2,15,16,17,18). The molecule has 0 radical (unpaired) electrons. The second-order valence-corrected chi connectivity index (χ2v) is 4.00. The van der Waals surface area contributed by atoms with Crippen molar-refractivity contribution in [2.75, 3.05) is 23.8 Å². The highest BCUT2D eigenvalue weighted by Crippen LogP contribution is 2.10. The number of pyridine rings is 1. The van der Waals surface area contributed by atoms with E-state index in [1.54, 1.807) is 12.4 Å². The third-order valence-corrected chi connectivity index (χ3v) is 2.53. The van der Waals surface area contributed by atoms with Crippen LogP contribution in [0, 0.1) is 0 Å². The van der Waals surface area contributed by atoms with Crippen LogP contribution in [0.25, 0.3) is 0 Å². The molecule has 0 fully saturated rings. The molecule has 0 unspecified atom stereocenters. The Morgan fingerprint density at radius 2 is 1.79 bits per heavy atom. The van der Waals surface area contributed by atoms with Gasteiger partial charge in [0.2, 0.25) is 0 Å². The van der Waals surface area contributed by atoms with E-state index in [-0.39, 0.29) is 6.61 Å². The zero-order valence-electron chi connectivity index (χ0n) is 10.6. The quantitative estimate of drug-likeness (QED) is 0.650. The lowest BCUT2D eigenvalue weighted by Gasteiger charge is -2.08. The zero-order chi connectivity index (χ0) is 13.3. The number of nitrogens with zero attached hydrogens (tertiary/aromatic N) is 3. The van der Waals surface area contributed by atoms with Gasteiger partial charge in [-0.15, -0.1) is 0 Å². The Morgan fingerprint density at radius 1 is 1.05 bits per heavy atom. The molecule has 0 aliphatic carbocycles. The number of nitrogens with one attached hydrogen (secondary N) is 2. The number of hydrogen-bond donors (Lipinski definition) is 3. The van der Waals surface area contributed by atoms with Gasteiger partial charge in [0.15, 0.2) is 0 Å². The van der Waals surface area contributed by atoms with Crippen molar-refractivity contribution in [1.82, 2.24) is 15.0 Å². The number of aliphatic hydroxyl groups is 1. The summed E-state index contributed by atoms with van der Waals surface area (Å²) in [6.45, 7) is 1.55. The molecule has 0 saturated heterocycles. The molecule has 0 aliphatic rings. The van der Waals surface area contributed by atoms with E-state index in [1.807, 2.05) is 18.2 Å². The predicted molar refractivity (Wildman–Crippen MR) is 73.8 cm³/mol. The van der Waals surface area contributed by atoms with Gasteiger partial charge in [0.25, 0.3) is 0 Å². The van der Waals surface area contributed by atoms with Gasteiger partial charge in [-0.05, 0) is 24.1 Å². The van der Waals surface area contributed by atoms with Crippen LogP contribution in [0.3, 0.4) is 0 Å². The van der Waals surface area contributed by atoms with Gasteiger partial charge >= 0.3 is 0 Å². The molecule has 6 nitrogen and oxygen atoms in total. The maximum Gasteiger partial charge on any atom is 0.131 e. The number of rotatable bonds is 7. The van der Waals surface area contributed by atoms with Crippen LogP contribution in [-0.2, 0) is 6.54 Å². The average Bonchev–Trinajstić information content (AvgIpc) is 2.47. The van der Waals surface area contributed by atoms with Crippen molar-refractivity contribution < 1.29 is 5.11 Å². The Kier molecular flexibility index (Phi) is 5.06. The van der Waals surface area contributed by atoms with Gasteiger partial charge in [-0.25, -0.2) is 9.97 Å². The van der Waals surface area contributed by atoms with Crippen molar-refractivity contribution in [3.63, 3.8) is 0 Å². The second-order valence-electron chi connectivity index (χ2n) is 4.00. The highest BCUT2D eigenvalue weighted by molar-refractivity contribution is 5.46. The Morgan fingerprint density at radius 3 is 2.53 bits per heavy atom. The van der Waals surface area contributed by atoms with Gasteiger partial charge in [0, 0.05) is 38.2 Å². The van der Waals surface area contributed by atoms with Crippen molar-refractivity contribution in [3.8, 4) is 0 Å². The monoisotopic (exact) mass is 259 g/mol. The van der Waals surface area contributed by atoms with Crippen LogP contribution < -0.4 is 10.6 Å². The van der Waals surface area contributed by atoms with Gasteiger partial charge in [-0.3, -0.25) is 4.98 Å². The summed E-state index contributed by atoms with van der Waals surface area (Å²) in [4.78, 5) is 12.2. The molecule has 2 aromatic rings. The number of hydrogen-bond acceptors (Lipinski definition) is 6. The fraction of sp³-hybridized carbons (Fsp3) is 0.308. The molecule has 0 aromatic carbocycles. The maximum atomic E-state index is 8.72. The maximum absolute atomic E-state index is 8.72. The van der Waals surface area contributed by atoms with E-state index in [4.69, 9.17) is 5.11 Å². The molecule has 0 saturated carbocycles. The molecule has 100 valence electrons. The van der Waals surface area contributed by atoms with Crippen LogP contribution >= 0.6 is 0 Å². The molecular weight excluding hydrogens is 242 g/mol. The van der Waals surface area contributed by atoms with Crippen LogP contribution in [-0.4, -0.2) is 33.2 Å². The molecular formula is C13H17N5O. The molecule has 0 bridgehead atoms. The molecule has 0 atom stereocenters. The summed E-state index contributed by atoms with van der Waals surface area (Å²) in [5.41, 5.74) is 1.14. The lowest BCUT2D eigenvalue weighted by molar-refractivity contribution is 0.292. The lowest BCUT2D eigenvalue weighted by atomic mass is 10.3. The molecule has 0 spiro atoms. The normalized spacial score (nSPS) is 10.2. The third-order valence-electron chi connectivity index (χ3n) is 2.53. The van der Waals surface area contributed by atoms with E-state index < -0.39 is 0 Å². The summed E-state index contributed by atoms with van der Waals surface area (Å²) < 4.78 is 0. The summed E-state index contributed by atoms with van der Waals surface area (Å²) in [6.07, 6.45) is 5.73. The van der Waals surface area contributed by atoms with Gasteiger partial charge in [0.1, 0.15) is 18.0 Å². The largest absolute Gasteiger partial charge is 0.396 e. The fourth-order valence-corrected chi connectivity index (χ4v) is 1.54. The van der Waals surface area contributed by atoms with Gasteiger partial charge < -0.3 is 15.7 Å². The van der Waals surface area contributed by atoms with E-state index in [9.17, 15) is 0 Å². The molecule has 3 N–H and O–H groups in total. The SMILES string of the molecule is OCCCNc1cc(NCc2ccncc2)ncn1. The minimum Gasteiger partial charge on any atom is -0.396 e. The van der Waals surface area contributed by atoms with Crippen molar-refractivity contribution >= 4 is 11.6 Å². The molecule has 2 heterocycles. The Labute approximate surface area is 112 Å². The molecule has 2 rings (SSSR count).